The van der Waals surface area contributed by atoms with E-state index in [9.17, 15) is 18.3 Å². The monoisotopic (exact) mass is 448 g/mol. The minimum atomic E-state index is -3.50. The Hall–Kier alpha value is -2.46. The van der Waals surface area contributed by atoms with Crippen molar-refractivity contribution in [2.24, 2.45) is 0 Å². The average Bonchev–Trinajstić information content (AvgIpc) is 2.78. The lowest BCUT2D eigenvalue weighted by Gasteiger charge is -2.34. The van der Waals surface area contributed by atoms with Crippen molar-refractivity contribution < 1.29 is 27.8 Å². The summed E-state index contributed by atoms with van der Waals surface area (Å²) in [6.07, 6.45) is -0.755. The van der Waals surface area contributed by atoms with Crippen molar-refractivity contribution in [2.75, 3.05) is 46.4 Å². The molecule has 1 N–H and O–H groups in total. The number of rotatable bonds is 9. The number of hydrogen-bond donors (Lipinski definition) is 1. The summed E-state index contributed by atoms with van der Waals surface area (Å²) in [5.74, 6) is 0.809. The topological polar surface area (TPSA) is 96.4 Å². The molecule has 1 atom stereocenters. The molecule has 2 aromatic carbocycles. The first kappa shape index (κ1) is 23.2. The minimum Gasteiger partial charge on any atom is -0.493 e. The molecule has 0 amide bonds. The first-order valence-corrected chi connectivity index (χ1v) is 11.5. The van der Waals surface area contributed by atoms with Gasteiger partial charge in [-0.3, -0.25) is 9.69 Å². The van der Waals surface area contributed by atoms with Gasteiger partial charge in [-0.15, -0.1) is 0 Å². The third-order valence-corrected chi connectivity index (χ3v) is 7.10. The Labute approximate surface area is 183 Å². The molecule has 1 heterocycles. The van der Waals surface area contributed by atoms with Gasteiger partial charge >= 0.3 is 0 Å². The lowest BCUT2D eigenvalue weighted by atomic mass is 10.1. The van der Waals surface area contributed by atoms with Crippen molar-refractivity contribution in [3.63, 3.8) is 0 Å². The molecule has 1 aliphatic heterocycles. The highest BCUT2D eigenvalue weighted by molar-refractivity contribution is 7.89. The van der Waals surface area contributed by atoms with Crippen LogP contribution < -0.4 is 9.47 Å². The van der Waals surface area contributed by atoms with Crippen LogP contribution in [0, 0.1) is 0 Å². The fourth-order valence-corrected chi connectivity index (χ4v) is 4.88. The Morgan fingerprint density at radius 2 is 1.74 bits per heavy atom. The second-order valence-electron chi connectivity index (χ2n) is 7.40. The van der Waals surface area contributed by atoms with Crippen LogP contribution in [-0.4, -0.2) is 81.1 Å². The molecule has 0 radical (unpaired) electrons. The molecule has 0 aliphatic carbocycles. The second kappa shape index (κ2) is 10.2. The molecule has 1 fully saturated rings. The number of methoxy groups -OCH3 is 1. The molecule has 1 aliphatic rings. The molecule has 3 rings (SSSR count). The van der Waals surface area contributed by atoms with Crippen LogP contribution >= 0.6 is 0 Å². The van der Waals surface area contributed by atoms with E-state index in [0.717, 1.165) is 0 Å². The second-order valence-corrected chi connectivity index (χ2v) is 9.34. The highest BCUT2D eigenvalue weighted by Gasteiger charge is 2.29. The van der Waals surface area contributed by atoms with Gasteiger partial charge in [-0.2, -0.15) is 4.31 Å². The van der Waals surface area contributed by atoms with Gasteiger partial charge < -0.3 is 14.6 Å². The predicted octanol–water partition coefficient (Wildman–Crippen LogP) is 1.64. The number of hydrogen-bond acceptors (Lipinski definition) is 7. The Morgan fingerprint density at radius 1 is 1.06 bits per heavy atom. The van der Waals surface area contributed by atoms with Crippen molar-refractivity contribution in [1.29, 1.82) is 0 Å². The predicted molar refractivity (Wildman–Crippen MR) is 116 cm³/mol. The zero-order chi connectivity index (χ0) is 22.4. The van der Waals surface area contributed by atoms with E-state index >= 15 is 0 Å². The van der Waals surface area contributed by atoms with Crippen LogP contribution in [0.2, 0.25) is 0 Å². The summed E-state index contributed by atoms with van der Waals surface area (Å²) in [5, 5.41) is 10.4. The summed E-state index contributed by atoms with van der Waals surface area (Å²) in [7, 11) is -2.00. The largest absolute Gasteiger partial charge is 0.493 e. The van der Waals surface area contributed by atoms with E-state index < -0.39 is 16.1 Å². The quantitative estimate of drug-likeness (QED) is 0.583. The maximum atomic E-state index is 12.7. The van der Waals surface area contributed by atoms with Gasteiger partial charge in [-0.25, -0.2) is 8.42 Å². The number of β-amino-alcohol motifs (C(OH)–C–C–N with tert-alkyl or cyclic N) is 1. The van der Waals surface area contributed by atoms with Gasteiger partial charge in [0.05, 0.1) is 12.0 Å². The van der Waals surface area contributed by atoms with Gasteiger partial charge in [0.2, 0.25) is 10.0 Å². The smallest absolute Gasteiger partial charge is 0.243 e. The van der Waals surface area contributed by atoms with Crippen molar-refractivity contribution in [2.45, 2.75) is 17.9 Å². The SMILES string of the molecule is COc1cc(C(C)=O)ccc1OC[C@H](O)CN1CCN(S(=O)(=O)c2ccccc2)CC1. The van der Waals surface area contributed by atoms with E-state index in [1.165, 1.54) is 18.3 Å². The van der Waals surface area contributed by atoms with Gasteiger partial charge in [-0.05, 0) is 37.3 Å². The third-order valence-electron chi connectivity index (χ3n) is 5.18. The van der Waals surface area contributed by atoms with Crippen molar-refractivity contribution >= 4 is 15.8 Å². The highest BCUT2D eigenvalue weighted by Crippen LogP contribution is 2.28. The zero-order valence-electron chi connectivity index (χ0n) is 17.7. The van der Waals surface area contributed by atoms with Crippen LogP contribution in [0.15, 0.2) is 53.4 Å². The molecule has 168 valence electrons. The van der Waals surface area contributed by atoms with Gasteiger partial charge in [-0.1, -0.05) is 18.2 Å². The van der Waals surface area contributed by atoms with Gasteiger partial charge in [0.15, 0.2) is 17.3 Å². The molecular formula is C22H28N2O6S. The standard InChI is InChI=1S/C22H28N2O6S/c1-17(25)18-8-9-21(22(14-18)29-2)30-16-19(26)15-23-10-12-24(13-11-23)31(27,28)20-6-4-3-5-7-20/h3-9,14,19,26H,10-13,15-16H2,1-2H3/t19-/m1/s1. The molecule has 8 nitrogen and oxygen atoms in total. The minimum absolute atomic E-state index is 0.0539. The number of aliphatic hydroxyl groups excluding tert-OH is 1. The zero-order valence-corrected chi connectivity index (χ0v) is 18.5. The summed E-state index contributed by atoms with van der Waals surface area (Å²) < 4.78 is 37.8. The van der Waals surface area contributed by atoms with Crippen LogP contribution in [0.1, 0.15) is 17.3 Å². The van der Waals surface area contributed by atoms with E-state index in [-0.39, 0.29) is 12.4 Å². The van der Waals surface area contributed by atoms with Crippen LogP contribution in [0.4, 0.5) is 0 Å². The Bertz CT molecular complexity index is 988. The summed E-state index contributed by atoms with van der Waals surface area (Å²) in [6, 6.07) is 13.3. The summed E-state index contributed by atoms with van der Waals surface area (Å²) >= 11 is 0. The number of nitrogens with zero attached hydrogens (tertiary/aromatic N) is 2. The molecule has 0 aromatic heterocycles. The Balaban J connectivity index is 1.49. The summed E-state index contributed by atoms with van der Waals surface area (Å²) in [6.45, 7) is 3.69. The Kier molecular flexibility index (Phi) is 7.66. The molecule has 0 saturated carbocycles. The number of piperazine rings is 1. The molecule has 9 heteroatoms. The van der Waals surface area contributed by atoms with Crippen LogP contribution in [0.3, 0.4) is 0 Å². The molecule has 0 spiro atoms. The number of ether oxygens (including phenoxy) is 2. The summed E-state index contributed by atoms with van der Waals surface area (Å²) in [5.41, 5.74) is 0.521. The van der Waals surface area contributed by atoms with E-state index in [2.05, 4.69) is 0 Å². The average molecular weight is 449 g/mol. The first-order valence-electron chi connectivity index (χ1n) is 10.1. The number of carbonyl (C=O) groups excluding carboxylic acids is 1. The van der Waals surface area contributed by atoms with Crippen LogP contribution in [0.25, 0.3) is 0 Å². The molecule has 2 aromatic rings. The van der Waals surface area contributed by atoms with E-state index in [4.69, 9.17) is 9.47 Å². The van der Waals surface area contributed by atoms with Gasteiger partial charge in [0, 0.05) is 38.3 Å². The third kappa shape index (κ3) is 5.82. The number of sulfonamides is 1. The first-order chi connectivity index (χ1) is 14.8. The Morgan fingerprint density at radius 3 is 2.35 bits per heavy atom. The molecule has 1 saturated heterocycles. The molecule has 0 bridgehead atoms. The van der Waals surface area contributed by atoms with Crippen LogP contribution in [-0.2, 0) is 10.0 Å². The highest BCUT2D eigenvalue weighted by atomic mass is 32.2. The normalized spacial score (nSPS) is 16.6. The maximum Gasteiger partial charge on any atom is 0.243 e. The number of carbonyl (C=O) groups is 1. The van der Waals surface area contributed by atoms with Crippen molar-refractivity contribution in [3.05, 3.63) is 54.1 Å². The van der Waals surface area contributed by atoms with Crippen molar-refractivity contribution in [3.8, 4) is 11.5 Å². The number of ketones is 1. The lowest BCUT2D eigenvalue weighted by molar-refractivity contribution is 0.0561. The fraction of sp³-hybridized carbons (Fsp3) is 0.409. The lowest BCUT2D eigenvalue weighted by Crippen LogP contribution is -2.50. The van der Waals surface area contributed by atoms with E-state index in [0.29, 0.717) is 54.7 Å². The molecule has 31 heavy (non-hydrogen) atoms. The fourth-order valence-electron chi connectivity index (χ4n) is 3.44. The maximum absolute atomic E-state index is 12.7. The van der Waals surface area contributed by atoms with E-state index in [1.807, 2.05) is 4.90 Å². The van der Waals surface area contributed by atoms with Gasteiger partial charge in [0.25, 0.3) is 0 Å². The summed E-state index contributed by atoms with van der Waals surface area (Å²) in [4.78, 5) is 13.8. The number of aliphatic hydroxyl groups is 1. The van der Waals surface area contributed by atoms with E-state index in [1.54, 1.807) is 48.5 Å². The number of Topliss-reactive ketones (excluding diaryl/α,β-unsaturated/α-hetero) is 1. The van der Waals surface area contributed by atoms with Crippen LogP contribution in [0.5, 0.6) is 11.5 Å². The molecular weight excluding hydrogens is 420 g/mol. The number of benzene rings is 2. The van der Waals surface area contributed by atoms with Gasteiger partial charge in [0.1, 0.15) is 12.7 Å². The molecule has 0 unspecified atom stereocenters. The van der Waals surface area contributed by atoms with Crippen molar-refractivity contribution in [1.82, 2.24) is 9.21 Å².